The molecule has 2 N–H and O–H groups in total. The molecule has 0 heterocycles. The number of hydrogen-bond acceptors (Lipinski definition) is 8. The van der Waals surface area contributed by atoms with E-state index in [9.17, 15) is 25.1 Å². The highest BCUT2D eigenvalue weighted by Crippen LogP contribution is 1.89. The SMILES string of the molecule is N=C(N[N+](=O)[O-])N(CCO[N+](=O)[O-])N=O. The van der Waals surface area contributed by atoms with Crippen LogP contribution in [0.15, 0.2) is 5.29 Å². The fourth-order valence-electron chi connectivity index (χ4n) is 0.539. The van der Waals surface area contributed by atoms with Crippen molar-refractivity contribution in [3.63, 3.8) is 0 Å². The summed E-state index contributed by atoms with van der Waals surface area (Å²) in [7, 11) is 0. The van der Waals surface area contributed by atoms with E-state index in [4.69, 9.17) is 5.41 Å². The molecule has 0 radical (unpaired) electrons. The molecular formula is C3H6N6O6. The van der Waals surface area contributed by atoms with E-state index in [0.29, 0.717) is 5.01 Å². The van der Waals surface area contributed by atoms with Crippen LogP contribution in [0, 0.1) is 30.5 Å². The Morgan fingerprint density at radius 2 is 2.13 bits per heavy atom. The van der Waals surface area contributed by atoms with Crippen LogP contribution in [0.4, 0.5) is 0 Å². The van der Waals surface area contributed by atoms with Gasteiger partial charge in [0.05, 0.1) is 11.8 Å². The average Bonchev–Trinajstić information content (AvgIpc) is 2.10. The number of nitro groups is 1. The molecule has 0 saturated carbocycles. The molecule has 0 aliphatic heterocycles. The maximum Gasteiger partial charge on any atom is 0.294 e. The minimum absolute atomic E-state index is 0.298. The lowest BCUT2D eigenvalue weighted by Crippen LogP contribution is -2.41. The quantitative estimate of drug-likeness (QED) is 0.188. The van der Waals surface area contributed by atoms with E-state index in [0.717, 1.165) is 0 Å². The molecule has 0 saturated heterocycles. The fraction of sp³-hybridized carbons (Fsp3) is 0.667. The zero-order valence-electron chi connectivity index (χ0n) is 7.15. The minimum atomic E-state index is -1.10. The van der Waals surface area contributed by atoms with Gasteiger partial charge < -0.3 is 4.84 Å². The summed E-state index contributed by atoms with van der Waals surface area (Å²) in [4.78, 5) is 33.4. The summed E-state index contributed by atoms with van der Waals surface area (Å²) in [5, 5.41) is 26.8. The van der Waals surface area contributed by atoms with Crippen molar-refractivity contribution in [3.8, 4) is 0 Å². The number of hydrogen-bond donors (Lipinski definition) is 2. The standard InChI is InChI=1S/C3H6N6O6/c4-3(5-8(11)12)7(6-10)1-2-15-9(13)14/h1-2H2,(H2,4,5). The number of nitrogens with one attached hydrogen (secondary N) is 2. The van der Waals surface area contributed by atoms with Crippen LogP contribution in [0.5, 0.6) is 0 Å². The Kier molecular flexibility index (Phi) is 4.99. The molecule has 84 valence electrons. The fourth-order valence-corrected chi connectivity index (χ4v) is 0.539. The van der Waals surface area contributed by atoms with Crippen LogP contribution in [0.1, 0.15) is 0 Å². The van der Waals surface area contributed by atoms with Crippen molar-refractivity contribution in [2.24, 2.45) is 5.29 Å². The lowest BCUT2D eigenvalue weighted by molar-refractivity contribution is -0.757. The predicted octanol–water partition coefficient (Wildman–Crippen LogP) is -1.11. The van der Waals surface area contributed by atoms with Gasteiger partial charge in [-0.2, -0.15) is 5.01 Å². The average molecular weight is 222 g/mol. The van der Waals surface area contributed by atoms with Gasteiger partial charge in [-0.25, -0.2) is 10.1 Å². The molecule has 12 nitrogen and oxygen atoms in total. The van der Waals surface area contributed by atoms with Gasteiger partial charge in [-0.05, 0) is 0 Å². The van der Waals surface area contributed by atoms with Gasteiger partial charge in [0.1, 0.15) is 6.61 Å². The second-order valence-corrected chi connectivity index (χ2v) is 1.98. The van der Waals surface area contributed by atoms with Crippen molar-refractivity contribution >= 4 is 5.96 Å². The third kappa shape index (κ3) is 5.67. The molecule has 0 aromatic carbocycles. The van der Waals surface area contributed by atoms with Crippen LogP contribution in [0.3, 0.4) is 0 Å². The largest absolute Gasteiger partial charge is 0.312 e. The van der Waals surface area contributed by atoms with Crippen LogP contribution in [0.25, 0.3) is 0 Å². The van der Waals surface area contributed by atoms with Crippen molar-refractivity contribution in [1.82, 2.24) is 10.4 Å². The smallest absolute Gasteiger partial charge is 0.294 e. The Morgan fingerprint density at radius 3 is 2.53 bits per heavy atom. The number of guanidine groups is 1. The minimum Gasteiger partial charge on any atom is -0.312 e. The summed E-state index contributed by atoms with van der Waals surface area (Å²) in [6, 6.07) is 0. The molecule has 0 spiro atoms. The van der Waals surface area contributed by atoms with E-state index in [1.165, 1.54) is 5.43 Å². The second-order valence-electron chi connectivity index (χ2n) is 1.98. The first kappa shape index (κ1) is 12.5. The Morgan fingerprint density at radius 1 is 1.53 bits per heavy atom. The van der Waals surface area contributed by atoms with Gasteiger partial charge in [-0.1, -0.05) is 5.43 Å². The number of nitrogens with zero attached hydrogens (tertiary/aromatic N) is 4. The van der Waals surface area contributed by atoms with Crippen LogP contribution >= 0.6 is 0 Å². The normalized spacial score (nSPS) is 8.80. The van der Waals surface area contributed by atoms with E-state index in [1.807, 2.05) is 0 Å². The van der Waals surface area contributed by atoms with E-state index < -0.39 is 29.2 Å². The topological polar surface area (TPSA) is 164 Å². The zero-order chi connectivity index (χ0) is 11.8. The van der Waals surface area contributed by atoms with E-state index >= 15 is 0 Å². The van der Waals surface area contributed by atoms with Crippen molar-refractivity contribution in [3.05, 3.63) is 25.1 Å². The van der Waals surface area contributed by atoms with E-state index in [1.54, 1.807) is 0 Å². The van der Waals surface area contributed by atoms with Gasteiger partial charge in [0, 0.05) is 0 Å². The molecule has 0 aliphatic carbocycles. The highest BCUT2D eigenvalue weighted by atomic mass is 16.9. The Hall–Kier alpha value is -2.53. The summed E-state index contributed by atoms with van der Waals surface area (Å²) in [6.07, 6.45) is 0. The van der Waals surface area contributed by atoms with Gasteiger partial charge in [0.25, 0.3) is 11.0 Å². The number of nitroso groups, excluding NO2 is 1. The van der Waals surface area contributed by atoms with Crippen LogP contribution < -0.4 is 5.43 Å². The monoisotopic (exact) mass is 222 g/mol. The summed E-state index contributed by atoms with van der Waals surface area (Å²) in [5.41, 5.74) is 1.34. The van der Waals surface area contributed by atoms with Crippen molar-refractivity contribution in [2.75, 3.05) is 13.2 Å². The van der Waals surface area contributed by atoms with Gasteiger partial charge in [0.15, 0.2) is 5.03 Å². The molecule has 0 rings (SSSR count). The van der Waals surface area contributed by atoms with Crippen LogP contribution in [-0.2, 0) is 4.84 Å². The molecule has 0 aromatic heterocycles. The first-order chi connectivity index (χ1) is 6.97. The van der Waals surface area contributed by atoms with Gasteiger partial charge in [0.2, 0.25) is 0 Å². The van der Waals surface area contributed by atoms with Gasteiger partial charge in [-0.15, -0.1) is 15.0 Å². The molecule has 15 heavy (non-hydrogen) atoms. The van der Waals surface area contributed by atoms with Gasteiger partial charge in [-0.3, -0.25) is 5.41 Å². The van der Waals surface area contributed by atoms with E-state index in [2.05, 4.69) is 10.1 Å². The van der Waals surface area contributed by atoms with Crippen molar-refractivity contribution in [2.45, 2.75) is 0 Å². The zero-order valence-corrected chi connectivity index (χ0v) is 7.15. The third-order valence-corrected chi connectivity index (χ3v) is 1.05. The summed E-state index contributed by atoms with van der Waals surface area (Å²) in [5.74, 6) is -0.915. The first-order valence-corrected chi connectivity index (χ1v) is 3.35. The predicted molar refractivity (Wildman–Crippen MR) is 43.3 cm³/mol. The Bertz CT molecular complexity index is 278. The molecule has 0 atom stereocenters. The van der Waals surface area contributed by atoms with Crippen molar-refractivity contribution < 1.29 is 15.0 Å². The Balaban J connectivity index is 4.01. The summed E-state index contributed by atoms with van der Waals surface area (Å²) >= 11 is 0. The molecule has 0 bridgehead atoms. The molecule has 12 heteroatoms. The first-order valence-electron chi connectivity index (χ1n) is 3.35. The third-order valence-electron chi connectivity index (χ3n) is 1.05. The molecule has 0 unspecified atom stereocenters. The second kappa shape index (κ2) is 6.01. The van der Waals surface area contributed by atoms with E-state index in [-0.39, 0.29) is 0 Å². The lowest BCUT2D eigenvalue weighted by atomic mass is 10.6. The lowest BCUT2D eigenvalue weighted by Gasteiger charge is -2.11. The van der Waals surface area contributed by atoms with Crippen LogP contribution in [-0.4, -0.2) is 34.2 Å². The maximum absolute atomic E-state index is 10.1. The highest BCUT2D eigenvalue weighted by molar-refractivity contribution is 5.74. The Labute approximate surface area is 81.5 Å². The number of hydrazine groups is 1. The molecule has 0 aromatic rings. The molecule has 0 fully saturated rings. The molecule has 0 aliphatic rings. The van der Waals surface area contributed by atoms with Crippen LogP contribution in [0.2, 0.25) is 0 Å². The summed E-state index contributed by atoms with van der Waals surface area (Å²) < 4.78 is 0. The maximum atomic E-state index is 10.1. The molecular weight excluding hydrogens is 216 g/mol. The van der Waals surface area contributed by atoms with Crippen molar-refractivity contribution in [1.29, 1.82) is 5.41 Å². The van der Waals surface area contributed by atoms with Gasteiger partial charge >= 0.3 is 0 Å². The molecule has 0 amide bonds. The highest BCUT2D eigenvalue weighted by Gasteiger charge is 2.14. The summed E-state index contributed by atoms with van der Waals surface area (Å²) in [6.45, 7) is -0.995. The number of rotatable bonds is 6.